The van der Waals surface area contributed by atoms with Crippen molar-refractivity contribution in [3.8, 4) is 0 Å². The van der Waals surface area contributed by atoms with E-state index in [1.165, 1.54) is 103 Å². The molecule has 4 N–H and O–H groups in total. The van der Waals surface area contributed by atoms with Gasteiger partial charge in [-0.1, -0.05) is 122 Å². The van der Waals surface area contributed by atoms with Crippen molar-refractivity contribution in [2.45, 2.75) is 142 Å². The Hall–Kier alpha value is -0.820. The topological polar surface area (TPSA) is 152 Å². The second kappa shape index (κ2) is 31.7. The molecule has 10 nitrogen and oxygen atoms in total. The van der Waals surface area contributed by atoms with Crippen LogP contribution in [0.5, 0.6) is 0 Å². The van der Waals surface area contributed by atoms with Crippen LogP contribution < -0.4 is 5.64 Å². The quantitative estimate of drug-likeness (QED) is 0.0391. The predicted octanol–water partition coefficient (Wildman–Crippen LogP) is 5.66. The molecule has 0 aromatic heterocycles. The fourth-order valence-electron chi connectivity index (χ4n) is 4.14. The molecule has 0 bridgehead atoms. The van der Waals surface area contributed by atoms with Crippen molar-refractivity contribution in [3.05, 3.63) is 0 Å². The van der Waals surface area contributed by atoms with Gasteiger partial charge in [-0.25, -0.2) is 0 Å². The molecular formula is C28H59NO9S. The Bertz CT molecular complexity index is 600. The van der Waals surface area contributed by atoms with Gasteiger partial charge >= 0.3 is 5.97 Å². The molecule has 0 aliphatic carbocycles. The molecule has 0 heterocycles. The van der Waals surface area contributed by atoms with E-state index in [-0.39, 0.29) is 26.4 Å². The van der Waals surface area contributed by atoms with E-state index in [0.717, 1.165) is 19.3 Å². The highest BCUT2D eigenvalue weighted by atomic mass is 32.2. The SMILES string of the molecule is CCCCCCCCCCCCCCCCCCCCC(CS(=O)(=O)O)OC(C)=O.OCCONOCCO. The van der Waals surface area contributed by atoms with Gasteiger partial charge in [0.05, 0.1) is 26.4 Å². The van der Waals surface area contributed by atoms with Crippen LogP contribution in [0.1, 0.15) is 136 Å². The summed E-state index contributed by atoms with van der Waals surface area (Å²) in [7, 11) is -4.12. The van der Waals surface area contributed by atoms with Crippen molar-refractivity contribution in [2.75, 3.05) is 32.2 Å². The number of ether oxygens (including phenoxy) is 1. The fraction of sp³-hybridized carbons (Fsp3) is 0.964. The maximum atomic E-state index is 11.0. The van der Waals surface area contributed by atoms with Crippen LogP contribution in [0.2, 0.25) is 0 Å². The molecule has 0 aromatic rings. The Balaban J connectivity index is 0. The first-order chi connectivity index (χ1) is 18.8. The van der Waals surface area contributed by atoms with E-state index < -0.39 is 27.9 Å². The summed E-state index contributed by atoms with van der Waals surface area (Å²) in [6, 6.07) is 0. The second-order valence-corrected chi connectivity index (χ2v) is 11.5. The molecule has 11 heteroatoms. The number of unbranched alkanes of at least 4 members (excludes halogenated alkanes) is 17. The molecule has 0 amide bonds. The van der Waals surface area contributed by atoms with Crippen LogP contribution in [-0.4, -0.2) is 67.4 Å². The van der Waals surface area contributed by atoms with Crippen LogP contribution >= 0.6 is 0 Å². The normalized spacial score (nSPS) is 12.1. The minimum absolute atomic E-state index is 0.0600. The van der Waals surface area contributed by atoms with Gasteiger partial charge in [0.1, 0.15) is 11.9 Å². The van der Waals surface area contributed by atoms with Crippen LogP contribution in [0, 0.1) is 0 Å². The molecule has 236 valence electrons. The van der Waals surface area contributed by atoms with Crippen molar-refractivity contribution in [1.82, 2.24) is 5.64 Å². The van der Waals surface area contributed by atoms with E-state index >= 15 is 0 Å². The van der Waals surface area contributed by atoms with Crippen molar-refractivity contribution in [1.29, 1.82) is 0 Å². The van der Waals surface area contributed by atoms with Gasteiger partial charge in [-0.05, 0) is 12.8 Å². The number of aliphatic hydroxyl groups excluding tert-OH is 2. The number of esters is 1. The first kappa shape index (κ1) is 40.3. The molecule has 0 aromatic carbocycles. The van der Waals surface area contributed by atoms with Gasteiger partial charge in [0.2, 0.25) is 0 Å². The summed E-state index contributed by atoms with van der Waals surface area (Å²) in [5, 5.41) is 16.3. The van der Waals surface area contributed by atoms with Crippen molar-refractivity contribution < 1.29 is 42.4 Å². The molecular weight excluding hydrogens is 526 g/mol. The summed E-state index contributed by atoms with van der Waals surface area (Å²) in [4.78, 5) is 19.9. The van der Waals surface area contributed by atoms with Crippen LogP contribution in [0.15, 0.2) is 0 Å². The lowest BCUT2D eigenvalue weighted by atomic mass is 10.0. The van der Waals surface area contributed by atoms with Gasteiger partial charge in [0.15, 0.2) is 0 Å². The first-order valence-electron chi connectivity index (χ1n) is 15.1. The molecule has 0 fully saturated rings. The lowest BCUT2D eigenvalue weighted by Crippen LogP contribution is -2.25. The maximum absolute atomic E-state index is 11.0. The third-order valence-electron chi connectivity index (χ3n) is 6.11. The third-order valence-corrected chi connectivity index (χ3v) is 6.91. The lowest BCUT2D eigenvalue weighted by molar-refractivity contribution is -0.178. The molecule has 0 spiro atoms. The van der Waals surface area contributed by atoms with E-state index in [4.69, 9.17) is 19.5 Å². The number of carbonyl (C=O) groups excluding carboxylic acids is 1. The van der Waals surface area contributed by atoms with Crippen LogP contribution in [-0.2, 0) is 29.3 Å². The molecule has 0 saturated carbocycles. The number of hydrogen-bond donors (Lipinski definition) is 4. The van der Waals surface area contributed by atoms with Gasteiger partial charge in [-0.3, -0.25) is 19.0 Å². The number of aliphatic hydroxyl groups is 2. The van der Waals surface area contributed by atoms with E-state index in [1.54, 1.807) is 0 Å². The molecule has 0 radical (unpaired) electrons. The number of hydrogen-bond acceptors (Lipinski definition) is 9. The molecule has 0 rings (SSSR count). The first-order valence-corrected chi connectivity index (χ1v) is 16.7. The second-order valence-electron chi connectivity index (χ2n) is 10.0. The summed E-state index contributed by atoms with van der Waals surface area (Å²) < 4.78 is 35.9. The maximum Gasteiger partial charge on any atom is 0.302 e. The minimum atomic E-state index is -4.12. The van der Waals surface area contributed by atoms with E-state index in [9.17, 15) is 13.2 Å². The Kier molecular flexibility index (Phi) is 32.8. The number of carbonyl (C=O) groups is 1. The third kappa shape index (κ3) is 39.4. The summed E-state index contributed by atoms with van der Waals surface area (Å²) in [5.41, 5.74) is 2.07. The van der Waals surface area contributed by atoms with Gasteiger partial charge in [0.25, 0.3) is 10.1 Å². The largest absolute Gasteiger partial charge is 0.461 e. The number of nitrogens with one attached hydrogen (secondary N) is 1. The molecule has 1 atom stereocenters. The highest BCUT2D eigenvalue weighted by molar-refractivity contribution is 7.85. The van der Waals surface area contributed by atoms with Gasteiger partial charge in [-0.15, -0.1) is 0 Å². The van der Waals surface area contributed by atoms with Gasteiger partial charge in [-0.2, -0.15) is 8.42 Å². The Morgan fingerprint density at radius 3 is 1.36 bits per heavy atom. The zero-order valence-electron chi connectivity index (χ0n) is 24.7. The summed E-state index contributed by atoms with van der Waals surface area (Å²) in [6.45, 7) is 3.75. The average Bonchev–Trinajstić information content (AvgIpc) is 2.87. The van der Waals surface area contributed by atoms with Crippen molar-refractivity contribution >= 4 is 16.1 Å². The molecule has 0 aliphatic heterocycles. The van der Waals surface area contributed by atoms with Gasteiger partial charge in [0, 0.05) is 6.92 Å². The Morgan fingerprint density at radius 2 is 1.05 bits per heavy atom. The van der Waals surface area contributed by atoms with Crippen LogP contribution in [0.25, 0.3) is 0 Å². The summed E-state index contributed by atoms with van der Waals surface area (Å²) >= 11 is 0. The minimum Gasteiger partial charge on any atom is -0.461 e. The Labute approximate surface area is 238 Å². The zero-order chi connectivity index (χ0) is 29.5. The zero-order valence-corrected chi connectivity index (χ0v) is 25.6. The van der Waals surface area contributed by atoms with Gasteiger partial charge < -0.3 is 14.9 Å². The van der Waals surface area contributed by atoms with E-state index in [2.05, 4.69) is 22.2 Å². The average molecular weight is 586 g/mol. The fourth-order valence-corrected chi connectivity index (χ4v) is 4.84. The number of rotatable bonds is 28. The molecule has 1 unspecified atom stereocenters. The summed E-state index contributed by atoms with van der Waals surface area (Å²) in [5.74, 6) is -1.02. The Morgan fingerprint density at radius 1 is 0.692 bits per heavy atom. The van der Waals surface area contributed by atoms with E-state index in [0.29, 0.717) is 6.42 Å². The molecule has 0 aliphatic rings. The van der Waals surface area contributed by atoms with Crippen LogP contribution in [0.4, 0.5) is 0 Å². The standard InChI is InChI=1S/C24H48O5S.C4H11NO4/c1-3-4-5-6-7-8-9-10-11-12-13-14-15-16-17-18-19-20-21-24(29-23(2)25)22-30(26,27)28;6-1-3-8-5-9-4-2-7/h24H,3-22H2,1-2H3,(H,26,27,28);5-7H,1-4H2. The highest BCUT2D eigenvalue weighted by Gasteiger charge is 2.19. The molecule has 39 heavy (non-hydrogen) atoms. The summed E-state index contributed by atoms with van der Waals surface area (Å²) in [6.07, 6.45) is 23.1. The van der Waals surface area contributed by atoms with Crippen LogP contribution in [0.3, 0.4) is 0 Å². The van der Waals surface area contributed by atoms with E-state index in [1.807, 2.05) is 0 Å². The lowest BCUT2D eigenvalue weighted by Gasteiger charge is -2.15. The highest BCUT2D eigenvalue weighted by Crippen LogP contribution is 2.15. The van der Waals surface area contributed by atoms with Crippen molar-refractivity contribution in [2.24, 2.45) is 0 Å². The monoisotopic (exact) mass is 585 g/mol. The molecule has 0 saturated heterocycles. The predicted molar refractivity (Wildman–Crippen MR) is 155 cm³/mol. The van der Waals surface area contributed by atoms with Crippen molar-refractivity contribution in [3.63, 3.8) is 0 Å². The smallest absolute Gasteiger partial charge is 0.302 e.